The standard InChI is InChI=1S/C20H36N4O7S/c1-10(2)7-13(18(28)23-14(20(30)31)8-11(3)4)22-19(29)15(9-32)24-17(27)12(21)5-6-16(25)26/h10-15,32H,5-9,21H2,1-4H3,(H,22,29)(H,23,28)(H,24,27)(H,25,26)(H,30,31). The number of carbonyl (C=O) groups excluding carboxylic acids is 3. The number of nitrogens with one attached hydrogen (secondary N) is 3. The molecule has 0 heterocycles. The van der Waals surface area contributed by atoms with Crippen molar-refractivity contribution in [3.05, 3.63) is 0 Å². The van der Waals surface area contributed by atoms with Crippen LogP contribution in [0.4, 0.5) is 0 Å². The van der Waals surface area contributed by atoms with Crippen molar-refractivity contribution < 1.29 is 34.2 Å². The fraction of sp³-hybridized carbons (Fsp3) is 0.750. The average Bonchev–Trinajstić information content (AvgIpc) is 2.67. The van der Waals surface area contributed by atoms with Crippen molar-refractivity contribution in [3.8, 4) is 0 Å². The highest BCUT2D eigenvalue weighted by atomic mass is 32.1. The first-order valence-corrected chi connectivity index (χ1v) is 11.1. The maximum Gasteiger partial charge on any atom is 0.326 e. The van der Waals surface area contributed by atoms with Crippen LogP contribution in [0.3, 0.4) is 0 Å². The molecule has 0 radical (unpaired) electrons. The molecule has 184 valence electrons. The van der Waals surface area contributed by atoms with Crippen molar-refractivity contribution >= 4 is 42.3 Å². The number of hydrogen-bond donors (Lipinski definition) is 7. The number of carboxylic acids is 2. The fourth-order valence-corrected chi connectivity index (χ4v) is 3.08. The molecule has 0 saturated heterocycles. The van der Waals surface area contributed by atoms with Crippen molar-refractivity contribution in [1.82, 2.24) is 16.0 Å². The third-order valence-corrected chi connectivity index (χ3v) is 4.85. The van der Waals surface area contributed by atoms with E-state index in [9.17, 15) is 29.1 Å². The lowest BCUT2D eigenvalue weighted by Crippen LogP contribution is -2.58. The zero-order valence-electron chi connectivity index (χ0n) is 19.0. The van der Waals surface area contributed by atoms with Gasteiger partial charge in [-0.3, -0.25) is 19.2 Å². The zero-order chi connectivity index (χ0) is 25.0. The van der Waals surface area contributed by atoms with Crippen LogP contribution in [0.15, 0.2) is 0 Å². The van der Waals surface area contributed by atoms with Crippen LogP contribution in [-0.2, 0) is 24.0 Å². The monoisotopic (exact) mass is 476 g/mol. The summed E-state index contributed by atoms with van der Waals surface area (Å²) in [5.41, 5.74) is 5.66. The smallest absolute Gasteiger partial charge is 0.326 e. The van der Waals surface area contributed by atoms with Gasteiger partial charge in [0.05, 0.1) is 6.04 Å². The van der Waals surface area contributed by atoms with Crippen molar-refractivity contribution in [3.63, 3.8) is 0 Å². The van der Waals surface area contributed by atoms with E-state index in [-0.39, 0.29) is 43.3 Å². The van der Waals surface area contributed by atoms with Gasteiger partial charge < -0.3 is 31.9 Å². The van der Waals surface area contributed by atoms with Gasteiger partial charge >= 0.3 is 11.9 Å². The van der Waals surface area contributed by atoms with E-state index >= 15 is 0 Å². The number of carbonyl (C=O) groups is 5. The topological polar surface area (TPSA) is 188 Å². The van der Waals surface area contributed by atoms with Crippen LogP contribution in [0.1, 0.15) is 53.4 Å². The summed E-state index contributed by atoms with van der Waals surface area (Å²) in [7, 11) is 0. The van der Waals surface area contributed by atoms with E-state index in [1.54, 1.807) is 0 Å². The molecule has 0 aliphatic carbocycles. The molecule has 0 aliphatic heterocycles. The summed E-state index contributed by atoms with van der Waals surface area (Å²) in [6.45, 7) is 7.34. The molecular formula is C20H36N4O7S. The summed E-state index contributed by atoms with van der Waals surface area (Å²) in [5, 5.41) is 25.5. The van der Waals surface area contributed by atoms with Gasteiger partial charge in [0.2, 0.25) is 17.7 Å². The third kappa shape index (κ3) is 11.9. The SMILES string of the molecule is CC(C)CC(NC(=O)C(CC(C)C)NC(=O)C(CS)NC(=O)C(N)CCC(=O)O)C(=O)O. The number of amides is 3. The van der Waals surface area contributed by atoms with E-state index in [0.717, 1.165) is 0 Å². The molecule has 0 aromatic heterocycles. The molecule has 0 spiro atoms. The molecular weight excluding hydrogens is 440 g/mol. The summed E-state index contributed by atoms with van der Waals surface area (Å²) in [6, 6.07) is -4.35. The van der Waals surface area contributed by atoms with Crippen molar-refractivity contribution in [2.45, 2.75) is 77.5 Å². The summed E-state index contributed by atoms with van der Waals surface area (Å²) in [5.74, 6) is -4.36. The number of nitrogens with two attached hydrogens (primary N) is 1. The predicted molar refractivity (Wildman–Crippen MR) is 121 cm³/mol. The van der Waals surface area contributed by atoms with E-state index in [0.29, 0.717) is 0 Å². The first kappa shape index (κ1) is 29.7. The van der Waals surface area contributed by atoms with Crippen LogP contribution in [0, 0.1) is 11.8 Å². The van der Waals surface area contributed by atoms with Gasteiger partial charge in [-0.2, -0.15) is 12.6 Å². The molecule has 12 heteroatoms. The van der Waals surface area contributed by atoms with Gasteiger partial charge in [0.15, 0.2) is 0 Å². The molecule has 0 rings (SSSR count). The van der Waals surface area contributed by atoms with E-state index in [1.165, 1.54) is 0 Å². The van der Waals surface area contributed by atoms with Gasteiger partial charge in [-0.1, -0.05) is 27.7 Å². The lowest BCUT2D eigenvalue weighted by atomic mass is 10.0. The van der Waals surface area contributed by atoms with E-state index in [4.69, 9.17) is 10.8 Å². The Bertz CT molecular complexity index is 672. The van der Waals surface area contributed by atoms with Gasteiger partial charge in [0.25, 0.3) is 0 Å². The second-order valence-corrected chi connectivity index (χ2v) is 8.87. The molecule has 3 amide bonds. The number of hydrogen-bond acceptors (Lipinski definition) is 7. The maximum atomic E-state index is 12.7. The highest BCUT2D eigenvalue weighted by molar-refractivity contribution is 7.80. The van der Waals surface area contributed by atoms with Crippen LogP contribution >= 0.6 is 12.6 Å². The largest absolute Gasteiger partial charge is 0.481 e. The Morgan fingerprint density at radius 2 is 1.22 bits per heavy atom. The predicted octanol–water partition coefficient (Wildman–Crippen LogP) is -0.260. The molecule has 4 unspecified atom stereocenters. The summed E-state index contributed by atoms with van der Waals surface area (Å²) in [4.78, 5) is 59.7. The fourth-order valence-electron chi connectivity index (χ4n) is 2.82. The summed E-state index contributed by atoms with van der Waals surface area (Å²) in [6.07, 6.45) is 0.0703. The highest BCUT2D eigenvalue weighted by Crippen LogP contribution is 2.09. The second kappa shape index (κ2) is 14.7. The molecule has 0 saturated carbocycles. The Morgan fingerprint density at radius 3 is 1.66 bits per heavy atom. The van der Waals surface area contributed by atoms with E-state index in [2.05, 4.69) is 28.6 Å². The summed E-state index contributed by atoms with van der Waals surface area (Å²) < 4.78 is 0. The highest BCUT2D eigenvalue weighted by Gasteiger charge is 2.30. The Hall–Kier alpha value is -2.34. The van der Waals surface area contributed by atoms with Crippen molar-refractivity contribution in [1.29, 1.82) is 0 Å². The molecule has 0 aliphatic rings. The van der Waals surface area contributed by atoms with E-state index in [1.807, 2.05) is 27.7 Å². The Kier molecular flexibility index (Phi) is 13.6. The molecule has 0 aromatic carbocycles. The van der Waals surface area contributed by atoms with E-state index < -0.39 is 53.8 Å². The minimum absolute atomic E-state index is 0.00732. The second-order valence-electron chi connectivity index (χ2n) is 8.50. The molecule has 0 bridgehead atoms. The van der Waals surface area contributed by atoms with Gasteiger partial charge in [-0.15, -0.1) is 0 Å². The van der Waals surface area contributed by atoms with Crippen molar-refractivity contribution in [2.24, 2.45) is 17.6 Å². The van der Waals surface area contributed by atoms with Gasteiger partial charge in [0, 0.05) is 12.2 Å². The normalized spacial score (nSPS) is 14.9. The number of carboxylic acid groups (broad SMARTS) is 2. The number of aliphatic carboxylic acids is 2. The van der Waals surface area contributed by atoms with Crippen LogP contribution in [0.2, 0.25) is 0 Å². The molecule has 4 atom stereocenters. The van der Waals surface area contributed by atoms with Gasteiger partial charge in [-0.05, 0) is 31.1 Å². The van der Waals surface area contributed by atoms with Gasteiger partial charge in [0.1, 0.15) is 18.1 Å². The van der Waals surface area contributed by atoms with Crippen LogP contribution in [0.25, 0.3) is 0 Å². The Labute approximate surface area is 193 Å². The van der Waals surface area contributed by atoms with Crippen molar-refractivity contribution in [2.75, 3.05) is 5.75 Å². The lowest BCUT2D eigenvalue weighted by molar-refractivity contribution is -0.143. The van der Waals surface area contributed by atoms with Gasteiger partial charge in [-0.25, -0.2) is 4.79 Å². The van der Waals surface area contributed by atoms with Crippen LogP contribution in [0.5, 0.6) is 0 Å². The minimum atomic E-state index is -1.17. The molecule has 11 nitrogen and oxygen atoms in total. The number of rotatable bonds is 15. The third-order valence-electron chi connectivity index (χ3n) is 4.48. The average molecular weight is 477 g/mol. The Morgan fingerprint density at radius 1 is 0.781 bits per heavy atom. The quantitative estimate of drug-likeness (QED) is 0.157. The van der Waals surface area contributed by atoms with Crippen LogP contribution in [-0.4, -0.2) is 69.8 Å². The maximum absolute atomic E-state index is 12.7. The lowest BCUT2D eigenvalue weighted by Gasteiger charge is -2.26. The molecule has 32 heavy (non-hydrogen) atoms. The molecule has 0 aromatic rings. The number of thiol groups is 1. The molecule has 7 N–H and O–H groups in total. The summed E-state index contributed by atoms with van der Waals surface area (Å²) >= 11 is 4.06. The zero-order valence-corrected chi connectivity index (χ0v) is 19.9. The first-order chi connectivity index (χ1) is 14.8. The first-order valence-electron chi connectivity index (χ1n) is 10.5. The molecule has 0 fully saturated rings. The minimum Gasteiger partial charge on any atom is -0.481 e. The Balaban J connectivity index is 5.23. The van der Waals surface area contributed by atoms with Crippen LogP contribution < -0.4 is 21.7 Å².